The predicted molar refractivity (Wildman–Crippen MR) is 105 cm³/mol. The molecule has 0 unspecified atom stereocenters. The summed E-state index contributed by atoms with van der Waals surface area (Å²) in [4.78, 5) is 12.2. The van der Waals surface area contributed by atoms with Gasteiger partial charge in [-0.1, -0.05) is 29.8 Å². The van der Waals surface area contributed by atoms with Gasteiger partial charge in [-0.25, -0.2) is 5.43 Å². The molecule has 0 atom stereocenters. The Kier molecular flexibility index (Phi) is 7.04. The van der Waals surface area contributed by atoms with E-state index in [0.29, 0.717) is 34.3 Å². The summed E-state index contributed by atoms with van der Waals surface area (Å²) < 4.78 is 11.3. The molecule has 2 aromatic carbocycles. The summed E-state index contributed by atoms with van der Waals surface area (Å²) in [6, 6.07) is 10.8. The summed E-state index contributed by atoms with van der Waals surface area (Å²) in [5.74, 6) is 0.778. The van der Waals surface area contributed by atoms with Gasteiger partial charge >= 0.3 is 0 Å². The normalized spacial score (nSPS) is 11.0. The van der Waals surface area contributed by atoms with Crippen LogP contribution in [0.2, 0.25) is 5.02 Å². The SMILES string of the molecule is CCOc1cc(/C=N/NC(=O)c2ccccc2C)cc(Cl)c1OC(C)C. The van der Waals surface area contributed by atoms with Gasteiger partial charge in [0.1, 0.15) is 0 Å². The Morgan fingerprint density at radius 3 is 2.69 bits per heavy atom. The number of ether oxygens (including phenoxy) is 2. The molecular formula is C20H23ClN2O3. The topological polar surface area (TPSA) is 59.9 Å². The number of aryl methyl sites for hydroxylation is 1. The number of hydrogen-bond acceptors (Lipinski definition) is 4. The van der Waals surface area contributed by atoms with Crippen LogP contribution in [0.3, 0.4) is 0 Å². The molecule has 138 valence electrons. The maximum atomic E-state index is 12.2. The fraction of sp³-hybridized carbons (Fsp3) is 0.300. The summed E-state index contributed by atoms with van der Waals surface area (Å²) in [6.07, 6.45) is 1.49. The third-order valence-electron chi connectivity index (χ3n) is 3.45. The van der Waals surface area contributed by atoms with Crippen molar-refractivity contribution in [2.45, 2.75) is 33.8 Å². The highest BCUT2D eigenvalue weighted by atomic mass is 35.5. The number of carbonyl (C=O) groups is 1. The summed E-state index contributed by atoms with van der Waals surface area (Å²) >= 11 is 6.32. The van der Waals surface area contributed by atoms with Gasteiger partial charge < -0.3 is 9.47 Å². The van der Waals surface area contributed by atoms with Crippen LogP contribution in [0, 0.1) is 6.92 Å². The summed E-state index contributed by atoms with van der Waals surface area (Å²) in [5.41, 5.74) is 4.68. The molecule has 2 rings (SSSR count). The average molecular weight is 375 g/mol. The van der Waals surface area contributed by atoms with Crippen molar-refractivity contribution < 1.29 is 14.3 Å². The Morgan fingerprint density at radius 2 is 2.04 bits per heavy atom. The second-order valence-electron chi connectivity index (χ2n) is 5.94. The Morgan fingerprint density at radius 1 is 1.31 bits per heavy atom. The molecule has 1 N–H and O–H groups in total. The zero-order chi connectivity index (χ0) is 19.1. The van der Waals surface area contributed by atoms with E-state index in [1.807, 2.05) is 45.9 Å². The third kappa shape index (κ3) is 5.23. The van der Waals surface area contributed by atoms with Crippen molar-refractivity contribution in [1.82, 2.24) is 5.43 Å². The van der Waals surface area contributed by atoms with E-state index in [1.54, 1.807) is 18.2 Å². The standard InChI is InChI=1S/C20H23ClN2O3/c1-5-25-18-11-15(10-17(21)19(18)26-13(2)3)12-22-23-20(24)16-9-7-6-8-14(16)4/h6-13H,5H2,1-4H3,(H,23,24)/b22-12+. The van der Waals surface area contributed by atoms with Crippen molar-refractivity contribution in [3.63, 3.8) is 0 Å². The first-order chi connectivity index (χ1) is 12.4. The minimum Gasteiger partial charge on any atom is -0.490 e. The van der Waals surface area contributed by atoms with Gasteiger partial charge in [0.2, 0.25) is 0 Å². The van der Waals surface area contributed by atoms with E-state index in [2.05, 4.69) is 10.5 Å². The number of hydrazone groups is 1. The van der Waals surface area contributed by atoms with Gasteiger partial charge in [0, 0.05) is 5.56 Å². The van der Waals surface area contributed by atoms with Crippen LogP contribution < -0.4 is 14.9 Å². The Hall–Kier alpha value is -2.53. The molecule has 26 heavy (non-hydrogen) atoms. The number of nitrogens with one attached hydrogen (secondary N) is 1. The number of hydrogen-bond donors (Lipinski definition) is 1. The van der Waals surface area contributed by atoms with Gasteiger partial charge in [-0.3, -0.25) is 4.79 Å². The van der Waals surface area contributed by atoms with Crippen molar-refractivity contribution in [2.24, 2.45) is 5.10 Å². The highest BCUT2D eigenvalue weighted by Crippen LogP contribution is 2.37. The largest absolute Gasteiger partial charge is 0.490 e. The zero-order valence-corrected chi connectivity index (χ0v) is 16.1. The van der Waals surface area contributed by atoms with Crippen LogP contribution in [0.15, 0.2) is 41.5 Å². The molecular weight excluding hydrogens is 352 g/mol. The van der Waals surface area contributed by atoms with E-state index >= 15 is 0 Å². The molecule has 1 amide bonds. The summed E-state index contributed by atoms with van der Waals surface area (Å²) in [7, 11) is 0. The maximum Gasteiger partial charge on any atom is 0.271 e. The Labute approximate surface area is 159 Å². The van der Waals surface area contributed by atoms with E-state index in [9.17, 15) is 4.79 Å². The average Bonchev–Trinajstić information content (AvgIpc) is 2.58. The summed E-state index contributed by atoms with van der Waals surface area (Å²) in [5, 5.41) is 4.44. The second-order valence-corrected chi connectivity index (χ2v) is 6.35. The number of amides is 1. The lowest BCUT2D eigenvalue weighted by Crippen LogP contribution is -2.18. The minimum absolute atomic E-state index is 0.0281. The van der Waals surface area contributed by atoms with Crippen LogP contribution in [0.4, 0.5) is 0 Å². The fourth-order valence-electron chi connectivity index (χ4n) is 2.33. The molecule has 5 nitrogen and oxygen atoms in total. The van der Waals surface area contributed by atoms with E-state index in [0.717, 1.165) is 5.56 Å². The van der Waals surface area contributed by atoms with Crippen LogP contribution in [0.1, 0.15) is 42.3 Å². The van der Waals surface area contributed by atoms with E-state index in [4.69, 9.17) is 21.1 Å². The predicted octanol–water partition coefficient (Wildman–Crippen LogP) is 4.60. The maximum absolute atomic E-state index is 12.2. The Bertz CT molecular complexity index is 804. The van der Waals surface area contributed by atoms with Gasteiger partial charge in [0.15, 0.2) is 11.5 Å². The lowest BCUT2D eigenvalue weighted by Gasteiger charge is -2.16. The van der Waals surface area contributed by atoms with Gasteiger partial charge in [-0.05, 0) is 57.0 Å². The molecule has 0 aliphatic carbocycles. The zero-order valence-electron chi connectivity index (χ0n) is 15.4. The van der Waals surface area contributed by atoms with Crippen LogP contribution in [-0.4, -0.2) is 24.8 Å². The Balaban J connectivity index is 2.17. The molecule has 0 saturated heterocycles. The first-order valence-electron chi connectivity index (χ1n) is 8.44. The molecule has 0 aliphatic rings. The quantitative estimate of drug-likeness (QED) is 0.569. The van der Waals surface area contributed by atoms with E-state index in [1.165, 1.54) is 6.21 Å². The van der Waals surface area contributed by atoms with E-state index in [-0.39, 0.29) is 12.0 Å². The van der Waals surface area contributed by atoms with Gasteiger partial charge in [-0.15, -0.1) is 0 Å². The van der Waals surface area contributed by atoms with Crippen LogP contribution in [-0.2, 0) is 0 Å². The molecule has 0 radical (unpaired) electrons. The van der Waals surface area contributed by atoms with Gasteiger partial charge in [0.25, 0.3) is 5.91 Å². The molecule has 0 saturated carbocycles. The number of rotatable bonds is 7. The highest BCUT2D eigenvalue weighted by molar-refractivity contribution is 6.32. The molecule has 6 heteroatoms. The molecule has 0 fully saturated rings. The monoisotopic (exact) mass is 374 g/mol. The van der Waals surface area contributed by atoms with Crippen LogP contribution in [0.25, 0.3) is 0 Å². The minimum atomic E-state index is -0.268. The lowest BCUT2D eigenvalue weighted by molar-refractivity contribution is 0.0954. The van der Waals surface area contributed by atoms with Gasteiger partial charge in [0.05, 0.1) is 23.9 Å². The van der Waals surface area contributed by atoms with Crippen molar-refractivity contribution in [3.05, 3.63) is 58.1 Å². The number of carbonyl (C=O) groups excluding carboxylic acids is 1. The van der Waals surface area contributed by atoms with E-state index < -0.39 is 0 Å². The molecule has 2 aromatic rings. The van der Waals surface area contributed by atoms with Crippen molar-refractivity contribution >= 4 is 23.7 Å². The van der Waals surface area contributed by atoms with Crippen LogP contribution >= 0.6 is 11.6 Å². The molecule has 0 spiro atoms. The third-order valence-corrected chi connectivity index (χ3v) is 3.74. The van der Waals surface area contributed by atoms with Crippen molar-refractivity contribution in [2.75, 3.05) is 6.61 Å². The van der Waals surface area contributed by atoms with Gasteiger partial charge in [-0.2, -0.15) is 5.10 Å². The molecule has 0 heterocycles. The molecule has 0 bridgehead atoms. The number of benzene rings is 2. The molecule has 0 aromatic heterocycles. The lowest BCUT2D eigenvalue weighted by atomic mass is 10.1. The first-order valence-corrected chi connectivity index (χ1v) is 8.82. The summed E-state index contributed by atoms with van der Waals surface area (Å²) in [6.45, 7) is 8.08. The molecule has 0 aliphatic heterocycles. The van der Waals surface area contributed by atoms with Crippen LogP contribution in [0.5, 0.6) is 11.5 Å². The second kappa shape index (κ2) is 9.25. The van der Waals surface area contributed by atoms with Crippen molar-refractivity contribution in [1.29, 1.82) is 0 Å². The first kappa shape index (κ1) is 19.8. The fourth-order valence-corrected chi connectivity index (χ4v) is 2.59. The highest BCUT2D eigenvalue weighted by Gasteiger charge is 2.13. The number of nitrogens with zero attached hydrogens (tertiary/aromatic N) is 1. The smallest absolute Gasteiger partial charge is 0.271 e. The van der Waals surface area contributed by atoms with Crippen molar-refractivity contribution in [3.8, 4) is 11.5 Å². The number of halogens is 1.